The number of sulfonamides is 1. The first kappa shape index (κ1) is 21.2. The number of hydrogen-bond donors (Lipinski definition) is 1. The molecule has 1 saturated heterocycles. The van der Waals surface area contributed by atoms with Crippen molar-refractivity contribution < 1.29 is 27.1 Å². The average molecular weight is 453 g/mol. The number of anilines is 4. The van der Waals surface area contributed by atoms with Gasteiger partial charge in [0.05, 0.1) is 23.3 Å². The van der Waals surface area contributed by atoms with Gasteiger partial charge in [0.25, 0.3) is 10.0 Å². The number of pyridine rings is 1. The van der Waals surface area contributed by atoms with Crippen LogP contribution in [0.3, 0.4) is 0 Å². The van der Waals surface area contributed by atoms with Crippen LogP contribution in [0, 0.1) is 0 Å². The lowest BCUT2D eigenvalue weighted by Gasteiger charge is -2.36. The minimum atomic E-state index is -4.56. The molecule has 1 amide bonds. The molecule has 2 aliphatic rings. The summed E-state index contributed by atoms with van der Waals surface area (Å²) in [5, 5.41) is 9.43. The Kier molecular flexibility index (Phi) is 5.67. The summed E-state index contributed by atoms with van der Waals surface area (Å²) in [4.78, 5) is 21.1. The lowest BCUT2D eigenvalue weighted by Crippen LogP contribution is -2.50. The molecule has 4 rings (SSSR count). The summed E-state index contributed by atoms with van der Waals surface area (Å²) in [6, 6.07) is 10.8. The van der Waals surface area contributed by atoms with Gasteiger partial charge in [-0.15, -0.1) is 0 Å². The van der Waals surface area contributed by atoms with E-state index in [2.05, 4.69) is 4.98 Å². The Bertz CT molecular complexity index is 1060. The molecular formula is C19H21F2N5O4S. The molecule has 0 bridgehead atoms. The van der Waals surface area contributed by atoms with E-state index < -0.39 is 21.9 Å². The zero-order valence-corrected chi connectivity index (χ0v) is 17.3. The SMILES string of the molecule is O=C(O)N1CCN(c2ccc(N3CCN(S(=O)(=O)C(F)F)CC3)cn2)c2ccccc21. The molecule has 0 spiro atoms. The second-order valence-electron chi connectivity index (χ2n) is 7.14. The van der Waals surface area contributed by atoms with E-state index in [-0.39, 0.29) is 26.2 Å². The van der Waals surface area contributed by atoms with Crippen molar-refractivity contribution in [2.75, 3.05) is 54.0 Å². The van der Waals surface area contributed by atoms with E-state index in [1.165, 1.54) is 4.90 Å². The van der Waals surface area contributed by atoms with E-state index in [4.69, 9.17) is 0 Å². The third-order valence-corrected chi connectivity index (χ3v) is 6.97. The standard InChI is InChI=1S/C19H21F2N5O4S/c20-18(21)31(29,30)24-9-7-23(8-10-24)14-5-6-17(22-13-14)25-11-12-26(19(27)28)16-4-2-1-3-15(16)25/h1-6,13,18H,7-12H2,(H,27,28). The van der Waals surface area contributed by atoms with Gasteiger partial charge in [-0.1, -0.05) is 12.1 Å². The lowest BCUT2D eigenvalue weighted by molar-refractivity contribution is 0.201. The number of carbonyl (C=O) groups is 1. The van der Waals surface area contributed by atoms with Crippen LogP contribution in [0.1, 0.15) is 0 Å². The van der Waals surface area contributed by atoms with Crippen molar-refractivity contribution in [2.45, 2.75) is 5.76 Å². The molecule has 1 aromatic heterocycles. The van der Waals surface area contributed by atoms with Crippen molar-refractivity contribution in [1.29, 1.82) is 0 Å². The van der Waals surface area contributed by atoms with E-state index in [1.54, 1.807) is 18.3 Å². The highest BCUT2D eigenvalue weighted by Gasteiger charge is 2.34. The van der Waals surface area contributed by atoms with Gasteiger partial charge in [-0.05, 0) is 24.3 Å². The number of carboxylic acid groups (broad SMARTS) is 1. The second-order valence-corrected chi connectivity index (χ2v) is 9.04. The highest BCUT2D eigenvalue weighted by molar-refractivity contribution is 7.89. The van der Waals surface area contributed by atoms with Crippen LogP contribution < -0.4 is 14.7 Å². The van der Waals surface area contributed by atoms with E-state index >= 15 is 0 Å². The van der Waals surface area contributed by atoms with Gasteiger partial charge < -0.3 is 14.9 Å². The molecule has 31 heavy (non-hydrogen) atoms. The molecule has 1 aromatic carbocycles. The number of alkyl halides is 2. The van der Waals surface area contributed by atoms with Gasteiger partial charge in [-0.3, -0.25) is 4.90 Å². The summed E-state index contributed by atoms with van der Waals surface area (Å²) < 4.78 is 49.5. The Balaban J connectivity index is 1.48. The monoisotopic (exact) mass is 453 g/mol. The van der Waals surface area contributed by atoms with Crippen LogP contribution in [-0.2, 0) is 10.0 Å². The van der Waals surface area contributed by atoms with Gasteiger partial charge in [-0.2, -0.15) is 13.1 Å². The Morgan fingerprint density at radius 3 is 2.23 bits per heavy atom. The summed E-state index contributed by atoms with van der Waals surface area (Å²) in [5.41, 5.74) is 2.08. The summed E-state index contributed by atoms with van der Waals surface area (Å²) in [7, 11) is -4.56. The Morgan fingerprint density at radius 2 is 1.65 bits per heavy atom. The molecule has 2 aromatic rings. The predicted octanol–water partition coefficient (Wildman–Crippen LogP) is 2.39. The van der Waals surface area contributed by atoms with Crippen LogP contribution in [0.15, 0.2) is 42.6 Å². The van der Waals surface area contributed by atoms with Crippen LogP contribution >= 0.6 is 0 Å². The fourth-order valence-electron chi connectivity index (χ4n) is 3.84. The van der Waals surface area contributed by atoms with Crippen molar-refractivity contribution in [3.8, 4) is 0 Å². The largest absolute Gasteiger partial charge is 0.465 e. The Morgan fingerprint density at radius 1 is 0.968 bits per heavy atom. The number of hydrogen-bond acceptors (Lipinski definition) is 6. The first-order valence-corrected chi connectivity index (χ1v) is 11.1. The van der Waals surface area contributed by atoms with Crippen LogP contribution in [0.5, 0.6) is 0 Å². The summed E-state index contributed by atoms with van der Waals surface area (Å²) in [6.07, 6.45) is 0.641. The summed E-state index contributed by atoms with van der Waals surface area (Å²) >= 11 is 0. The topological polar surface area (TPSA) is 97.3 Å². The van der Waals surface area contributed by atoms with Gasteiger partial charge in [0, 0.05) is 39.3 Å². The maximum Gasteiger partial charge on any atom is 0.411 e. The Labute approximate surface area is 178 Å². The minimum absolute atomic E-state index is 0.0149. The quantitative estimate of drug-likeness (QED) is 0.759. The van der Waals surface area contributed by atoms with Crippen LogP contribution in [-0.4, -0.2) is 73.9 Å². The summed E-state index contributed by atoms with van der Waals surface area (Å²) in [6.45, 7) is 1.29. The first-order chi connectivity index (χ1) is 14.8. The molecule has 3 heterocycles. The van der Waals surface area contributed by atoms with E-state index in [9.17, 15) is 27.1 Å². The normalized spacial score (nSPS) is 17.7. The van der Waals surface area contributed by atoms with E-state index in [1.807, 2.05) is 34.1 Å². The highest BCUT2D eigenvalue weighted by Crippen LogP contribution is 2.37. The number of amides is 1. The number of piperazine rings is 1. The molecule has 0 radical (unpaired) electrons. The molecule has 1 N–H and O–H groups in total. The molecule has 12 heteroatoms. The molecule has 2 aliphatic heterocycles. The van der Waals surface area contributed by atoms with E-state index in [0.717, 1.165) is 15.7 Å². The molecule has 9 nitrogen and oxygen atoms in total. The number of nitrogens with zero attached hydrogens (tertiary/aromatic N) is 5. The number of benzene rings is 1. The van der Waals surface area contributed by atoms with Gasteiger partial charge >= 0.3 is 11.9 Å². The number of halogens is 2. The highest BCUT2D eigenvalue weighted by atomic mass is 32.2. The molecule has 166 valence electrons. The number of fused-ring (bicyclic) bond motifs is 1. The van der Waals surface area contributed by atoms with Gasteiger partial charge in [-0.25, -0.2) is 18.2 Å². The summed E-state index contributed by atoms with van der Waals surface area (Å²) in [5.74, 6) is -2.76. The van der Waals surface area contributed by atoms with Crippen LogP contribution in [0.4, 0.5) is 36.5 Å². The van der Waals surface area contributed by atoms with Crippen molar-refractivity contribution in [1.82, 2.24) is 9.29 Å². The zero-order valence-electron chi connectivity index (χ0n) is 16.4. The van der Waals surface area contributed by atoms with Gasteiger partial charge in [0.15, 0.2) is 0 Å². The number of aromatic nitrogens is 1. The molecular weight excluding hydrogens is 432 g/mol. The smallest absolute Gasteiger partial charge is 0.411 e. The van der Waals surface area contributed by atoms with Gasteiger partial charge in [0.1, 0.15) is 5.82 Å². The third kappa shape index (κ3) is 4.00. The second kappa shape index (κ2) is 8.27. The minimum Gasteiger partial charge on any atom is -0.465 e. The van der Waals surface area contributed by atoms with Gasteiger partial charge in [0.2, 0.25) is 0 Å². The predicted molar refractivity (Wildman–Crippen MR) is 112 cm³/mol. The van der Waals surface area contributed by atoms with Crippen molar-refractivity contribution in [3.05, 3.63) is 42.6 Å². The van der Waals surface area contributed by atoms with Crippen molar-refractivity contribution >= 4 is 39.0 Å². The van der Waals surface area contributed by atoms with Crippen molar-refractivity contribution in [3.63, 3.8) is 0 Å². The zero-order chi connectivity index (χ0) is 22.2. The lowest BCUT2D eigenvalue weighted by atomic mass is 10.1. The molecule has 0 unspecified atom stereocenters. The maximum atomic E-state index is 12.7. The average Bonchev–Trinajstić information content (AvgIpc) is 2.78. The van der Waals surface area contributed by atoms with E-state index in [0.29, 0.717) is 24.6 Å². The third-order valence-electron chi connectivity index (χ3n) is 5.44. The Hall–Kier alpha value is -2.99. The number of para-hydroxylation sites is 2. The maximum absolute atomic E-state index is 12.7. The fourth-order valence-corrected chi connectivity index (χ4v) is 4.73. The molecule has 1 fully saturated rings. The fraction of sp³-hybridized carbons (Fsp3) is 0.368. The molecule has 0 atom stereocenters. The van der Waals surface area contributed by atoms with Crippen LogP contribution in [0.2, 0.25) is 0 Å². The van der Waals surface area contributed by atoms with Crippen molar-refractivity contribution in [2.24, 2.45) is 0 Å². The first-order valence-electron chi connectivity index (χ1n) is 9.64. The number of rotatable bonds is 4. The molecule has 0 aliphatic carbocycles. The molecule has 0 saturated carbocycles. The van der Waals surface area contributed by atoms with Crippen LogP contribution in [0.25, 0.3) is 0 Å².